The Morgan fingerprint density at radius 2 is 1.78 bits per heavy atom. The highest BCUT2D eigenvalue weighted by molar-refractivity contribution is 7.97. The average molecular weight is 472 g/mol. The summed E-state index contributed by atoms with van der Waals surface area (Å²) in [5.74, 6) is 1.20. The van der Waals surface area contributed by atoms with Gasteiger partial charge in [0.1, 0.15) is 11.5 Å². The summed E-state index contributed by atoms with van der Waals surface area (Å²) < 4.78 is 13.1. The number of carbonyl (C=O) groups excluding carboxylic acids is 1. The highest BCUT2D eigenvalue weighted by atomic mass is 32.2. The van der Waals surface area contributed by atoms with Crippen LogP contribution in [0.2, 0.25) is 0 Å². The lowest BCUT2D eigenvalue weighted by atomic mass is 10.1. The number of rotatable bonds is 11. The highest BCUT2D eigenvalue weighted by Gasteiger charge is 2.14. The van der Waals surface area contributed by atoms with E-state index in [1.807, 2.05) is 47.8 Å². The SMILES string of the molecule is CCCN(CCC)Sc1ccc(C(=O)Nc2nc(-c3ccc(OC)cc3OC)cs2)cc1. The Balaban J connectivity index is 1.66. The summed E-state index contributed by atoms with van der Waals surface area (Å²) in [5.41, 5.74) is 2.18. The van der Waals surface area contributed by atoms with Crippen molar-refractivity contribution < 1.29 is 14.3 Å². The van der Waals surface area contributed by atoms with Crippen LogP contribution >= 0.6 is 23.3 Å². The maximum absolute atomic E-state index is 12.7. The van der Waals surface area contributed by atoms with E-state index in [2.05, 4.69) is 28.5 Å². The summed E-state index contributed by atoms with van der Waals surface area (Å²) >= 11 is 3.12. The van der Waals surface area contributed by atoms with E-state index in [4.69, 9.17) is 9.47 Å². The number of hydrogen-bond acceptors (Lipinski definition) is 7. The van der Waals surface area contributed by atoms with E-state index in [1.54, 1.807) is 26.2 Å². The van der Waals surface area contributed by atoms with Crippen molar-refractivity contribution in [2.24, 2.45) is 0 Å². The quantitative estimate of drug-likeness (QED) is 0.336. The molecule has 0 saturated heterocycles. The third-order valence-electron chi connectivity index (χ3n) is 4.71. The molecule has 0 bridgehead atoms. The van der Waals surface area contributed by atoms with E-state index in [1.165, 1.54) is 11.3 Å². The van der Waals surface area contributed by atoms with Crippen molar-refractivity contribution in [3.05, 3.63) is 53.4 Å². The van der Waals surface area contributed by atoms with Crippen LogP contribution in [0.25, 0.3) is 11.3 Å². The number of hydrogen-bond donors (Lipinski definition) is 1. The number of amides is 1. The predicted molar refractivity (Wildman–Crippen MR) is 133 cm³/mol. The third kappa shape index (κ3) is 6.25. The Bertz CT molecular complexity index is 1020. The topological polar surface area (TPSA) is 63.7 Å². The fraction of sp³-hybridized carbons (Fsp3) is 0.333. The number of anilines is 1. The molecule has 1 N–H and O–H groups in total. The molecule has 0 radical (unpaired) electrons. The number of aromatic nitrogens is 1. The van der Waals surface area contributed by atoms with Crippen LogP contribution in [0.1, 0.15) is 37.0 Å². The van der Waals surface area contributed by atoms with Crippen molar-refractivity contribution in [2.75, 3.05) is 32.6 Å². The smallest absolute Gasteiger partial charge is 0.257 e. The molecule has 1 amide bonds. The van der Waals surface area contributed by atoms with E-state index in [-0.39, 0.29) is 5.91 Å². The normalized spacial score (nSPS) is 10.9. The van der Waals surface area contributed by atoms with Crippen LogP contribution in [0, 0.1) is 0 Å². The van der Waals surface area contributed by atoms with Gasteiger partial charge in [-0.05, 0) is 61.2 Å². The first-order chi connectivity index (χ1) is 15.6. The summed E-state index contributed by atoms with van der Waals surface area (Å²) in [5, 5.41) is 5.33. The number of carbonyl (C=O) groups is 1. The van der Waals surface area contributed by atoms with E-state index >= 15 is 0 Å². The Hall–Kier alpha value is -2.55. The van der Waals surface area contributed by atoms with Crippen molar-refractivity contribution in [1.82, 2.24) is 9.29 Å². The fourth-order valence-electron chi connectivity index (χ4n) is 3.15. The molecule has 6 nitrogen and oxygen atoms in total. The molecule has 0 unspecified atom stereocenters. The molecule has 0 fully saturated rings. The van der Waals surface area contributed by atoms with Gasteiger partial charge in [0.15, 0.2) is 5.13 Å². The molecular formula is C24H29N3O3S2. The predicted octanol–water partition coefficient (Wildman–Crippen LogP) is 6.21. The van der Waals surface area contributed by atoms with E-state index < -0.39 is 0 Å². The van der Waals surface area contributed by atoms with Crippen molar-refractivity contribution in [3.63, 3.8) is 0 Å². The van der Waals surface area contributed by atoms with E-state index in [0.717, 1.165) is 42.1 Å². The summed E-state index contributed by atoms with van der Waals surface area (Å²) in [6.45, 7) is 6.47. The largest absolute Gasteiger partial charge is 0.497 e. The molecule has 170 valence electrons. The van der Waals surface area contributed by atoms with Crippen molar-refractivity contribution in [1.29, 1.82) is 0 Å². The minimum absolute atomic E-state index is 0.178. The van der Waals surface area contributed by atoms with Gasteiger partial charge in [-0.25, -0.2) is 9.29 Å². The van der Waals surface area contributed by atoms with Crippen LogP contribution in [-0.4, -0.2) is 42.5 Å². The van der Waals surface area contributed by atoms with Gasteiger partial charge in [0.25, 0.3) is 5.91 Å². The van der Waals surface area contributed by atoms with Gasteiger partial charge >= 0.3 is 0 Å². The summed E-state index contributed by atoms with van der Waals surface area (Å²) in [6.07, 6.45) is 2.23. The first-order valence-corrected chi connectivity index (χ1v) is 12.3. The molecule has 0 atom stereocenters. The summed E-state index contributed by atoms with van der Waals surface area (Å²) in [6, 6.07) is 13.3. The number of nitrogens with zero attached hydrogens (tertiary/aromatic N) is 2. The molecule has 2 aromatic carbocycles. The molecular weight excluding hydrogens is 442 g/mol. The summed E-state index contributed by atoms with van der Waals surface area (Å²) in [7, 11) is 3.22. The molecule has 0 aliphatic rings. The lowest BCUT2D eigenvalue weighted by Gasteiger charge is -2.19. The summed E-state index contributed by atoms with van der Waals surface area (Å²) in [4.78, 5) is 18.4. The molecule has 1 aromatic heterocycles. The first-order valence-electron chi connectivity index (χ1n) is 10.6. The lowest BCUT2D eigenvalue weighted by Crippen LogP contribution is -2.17. The van der Waals surface area contributed by atoms with Crippen LogP contribution in [0.5, 0.6) is 11.5 Å². The van der Waals surface area contributed by atoms with E-state index in [9.17, 15) is 4.79 Å². The lowest BCUT2D eigenvalue weighted by molar-refractivity contribution is 0.102. The molecule has 0 aliphatic carbocycles. The van der Waals surface area contributed by atoms with Gasteiger partial charge in [-0.3, -0.25) is 10.1 Å². The molecule has 0 saturated carbocycles. The van der Waals surface area contributed by atoms with Crippen LogP contribution < -0.4 is 14.8 Å². The zero-order valence-corrected chi connectivity index (χ0v) is 20.5. The van der Waals surface area contributed by atoms with Gasteiger partial charge in [-0.15, -0.1) is 11.3 Å². The Morgan fingerprint density at radius 3 is 2.41 bits per heavy atom. The maximum atomic E-state index is 12.7. The van der Waals surface area contributed by atoms with Gasteiger partial charge in [0.2, 0.25) is 0 Å². The van der Waals surface area contributed by atoms with Gasteiger partial charge in [-0.1, -0.05) is 13.8 Å². The standard InChI is InChI=1S/C24H29N3O3S2/c1-5-13-27(14-6-2)32-19-10-7-17(8-11-19)23(28)26-24-25-21(16-31-24)20-12-9-18(29-3)15-22(20)30-4/h7-12,15-16H,5-6,13-14H2,1-4H3,(H,25,26,28). The molecule has 0 spiro atoms. The molecule has 3 rings (SSSR count). The number of nitrogens with one attached hydrogen (secondary N) is 1. The van der Waals surface area contributed by atoms with Crippen molar-refractivity contribution in [3.8, 4) is 22.8 Å². The molecule has 32 heavy (non-hydrogen) atoms. The first kappa shape index (κ1) is 24.1. The van der Waals surface area contributed by atoms with Crippen LogP contribution in [-0.2, 0) is 0 Å². The molecule has 8 heteroatoms. The Kier molecular flexibility index (Phi) is 8.96. The number of ether oxygens (including phenoxy) is 2. The number of thiazole rings is 1. The second-order valence-electron chi connectivity index (χ2n) is 7.10. The molecule has 3 aromatic rings. The number of benzene rings is 2. The molecule has 0 aliphatic heterocycles. The minimum Gasteiger partial charge on any atom is -0.497 e. The maximum Gasteiger partial charge on any atom is 0.257 e. The van der Waals surface area contributed by atoms with Crippen LogP contribution in [0.3, 0.4) is 0 Å². The monoisotopic (exact) mass is 471 g/mol. The number of methoxy groups -OCH3 is 2. The zero-order chi connectivity index (χ0) is 22.9. The second-order valence-corrected chi connectivity index (χ2v) is 9.13. The zero-order valence-electron chi connectivity index (χ0n) is 18.9. The second kappa shape index (κ2) is 11.9. The van der Waals surface area contributed by atoms with Gasteiger partial charge in [0.05, 0.1) is 19.9 Å². The Morgan fingerprint density at radius 1 is 1.06 bits per heavy atom. The Labute approximate surface area is 198 Å². The minimum atomic E-state index is -0.178. The van der Waals surface area contributed by atoms with Gasteiger partial charge in [-0.2, -0.15) is 0 Å². The van der Waals surface area contributed by atoms with Crippen LogP contribution in [0.4, 0.5) is 5.13 Å². The average Bonchev–Trinajstić information content (AvgIpc) is 3.27. The third-order valence-corrected chi connectivity index (χ3v) is 6.57. The van der Waals surface area contributed by atoms with Gasteiger partial charge in [0, 0.05) is 40.6 Å². The van der Waals surface area contributed by atoms with Crippen molar-refractivity contribution >= 4 is 34.3 Å². The van der Waals surface area contributed by atoms with Gasteiger partial charge < -0.3 is 9.47 Å². The van der Waals surface area contributed by atoms with Crippen LogP contribution in [0.15, 0.2) is 52.7 Å². The van der Waals surface area contributed by atoms with Crippen molar-refractivity contribution in [2.45, 2.75) is 31.6 Å². The van der Waals surface area contributed by atoms with E-state index in [0.29, 0.717) is 22.2 Å². The fourth-order valence-corrected chi connectivity index (χ4v) is 4.96. The molecule has 1 heterocycles. The highest BCUT2D eigenvalue weighted by Crippen LogP contribution is 2.35.